The molecule has 0 spiro atoms. The lowest BCUT2D eigenvalue weighted by molar-refractivity contribution is -0.122. The van der Waals surface area contributed by atoms with Crippen LogP contribution in [0.2, 0.25) is 0 Å². The zero-order chi connectivity index (χ0) is 16.2. The van der Waals surface area contributed by atoms with E-state index in [-0.39, 0.29) is 16.9 Å². The number of hydrogen-bond donors (Lipinski definition) is 1. The maximum absolute atomic E-state index is 11.6. The highest BCUT2D eigenvalue weighted by Crippen LogP contribution is 2.26. The second kappa shape index (κ2) is 6.98. The van der Waals surface area contributed by atoms with Gasteiger partial charge >= 0.3 is 0 Å². The molecule has 0 atom stereocenters. The average Bonchev–Trinajstić information content (AvgIpc) is 2.88. The SMILES string of the molecule is CNCc1cccc(C2=CCC(=CN3C(=O)CSC3=O)C=C2)c1. The fourth-order valence-corrected chi connectivity index (χ4v) is 3.27. The molecule has 1 saturated heterocycles. The molecule has 2 amide bonds. The third-order valence-electron chi connectivity index (χ3n) is 3.76. The molecule has 4 nitrogen and oxygen atoms in total. The molecule has 0 saturated carbocycles. The first kappa shape index (κ1) is 15.8. The minimum Gasteiger partial charge on any atom is -0.316 e. The van der Waals surface area contributed by atoms with E-state index < -0.39 is 0 Å². The smallest absolute Gasteiger partial charge is 0.292 e. The maximum atomic E-state index is 11.6. The van der Waals surface area contributed by atoms with E-state index in [1.165, 1.54) is 16.0 Å². The molecule has 1 heterocycles. The van der Waals surface area contributed by atoms with Crippen LogP contribution in [-0.2, 0) is 11.3 Å². The van der Waals surface area contributed by atoms with Crippen LogP contribution in [0, 0.1) is 0 Å². The molecule has 1 aromatic rings. The molecule has 1 aromatic carbocycles. The van der Waals surface area contributed by atoms with Crippen molar-refractivity contribution in [1.29, 1.82) is 0 Å². The van der Waals surface area contributed by atoms with Crippen molar-refractivity contribution >= 4 is 28.5 Å². The number of nitrogens with one attached hydrogen (secondary N) is 1. The quantitative estimate of drug-likeness (QED) is 0.922. The summed E-state index contributed by atoms with van der Waals surface area (Å²) in [5.41, 5.74) is 4.54. The van der Waals surface area contributed by atoms with Crippen molar-refractivity contribution in [3.05, 3.63) is 65.4 Å². The molecule has 1 fully saturated rings. The van der Waals surface area contributed by atoms with E-state index in [1.54, 1.807) is 6.20 Å². The number of hydrogen-bond acceptors (Lipinski definition) is 4. The molecular formula is C18H18N2O2S. The third kappa shape index (κ3) is 3.63. The van der Waals surface area contributed by atoms with E-state index >= 15 is 0 Å². The van der Waals surface area contributed by atoms with Gasteiger partial charge in [0, 0.05) is 12.7 Å². The summed E-state index contributed by atoms with van der Waals surface area (Å²) in [6, 6.07) is 8.42. The Morgan fingerprint density at radius 2 is 2.17 bits per heavy atom. The van der Waals surface area contributed by atoms with Crippen molar-refractivity contribution in [2.75, 3.05) is 12.8 Å². The van der Waals surface area contributed by atoms with E-state index in [1.807, 2.05) is 19.2 Å². The number of benzene rings is 1. The summed E-state index contributed by atoms with van der Waals surface area (Å²) in [4.78, 5) is 24.5. The van der Waals surface area contributed by atoms with Crippen molar-refractivity contribution in [2.24, 2.45) is 0 Å². The number of carbonyl (C=O) groups is 2. The Bertz CT molecular complexity index is 718. The largest absolute Gasteiger partial charge is 0.316 e. The number of thioether (sulfide) groups is 1. The zero-order valence-electron chi connectivity index (χ0n) is 12.9. The number of nitrogens with zero attached hydrogens (tertiary/aromatic N) is 1. The number of imide groups is 1. The Morgan fingerprint density at radius 1 is 1.30 bits per heavy atom. The highest BCUT2D eigenvalue weighted by molar-refractivity contribution is 8.14. The fourth-order valence-electron chi connectivity index (χ4n) is 2.59. The monoisotopic (exact) mass is 326 g/mol. The van der Waals surface area contributed by atoms with Crippen molar-refractivity contribution in [3.63, 3.8) is 0 Å². The first-order valence-corrected chi connectivity index (χ1v) is 8.47. The van der Waals surface area contributed by atoms with Gasteiger partial charge in [0.15, 0.2) is 0 Å². The summed E-state index contributed by atoms with van der Waals surface area (Å²) >= 11 is 1.05. The highest BCUT2D eigenvalue weighted by atomic mass is 32.2. The van der Waals surface area contributed by atoms with Crippen LogP contribution in [0.1, 0.15) is 17.5 Å². The molecule has 3 rings (SSSR count). The predicted octanol–water partition coefficient (Wildman–Crippen LogP) is 3.33. The van der Waals surface area contributed by atoms with Gasteiger partial charge in [-0.15, -0.1) is 0 Å². The van der Waals surface area contributed by atoms with Gasteiger partial charge in [-0.1, -0.05) is 48.2 Å². The number of carbonyl (C=O) groups excluding carboxylic acids is 2. The van der Waals surface area contributed by atoms with E-state index in [2.05, 4.69) is 35.7 Å². The summed E-state index contributed by atoms with van der Waals surface area (Å²) in [5.74, 6) is 0.0986. The van der Waals surface area contributed by atoms with E-state index in [4.69, 9.17) is 0 Å². The van der Waals surface area contributed by atoms with E-state index in [0.717, 1.165) is 29.5 Å². The third-order valence-corrected chi connectivity index (χ3v) is 4.59. The molecule has 0 unspecified atom stereocenters. The summed E-state index contributed by atoms with van der Waals surface area (Å²) in [6.07, 6.45) is 8.51. The average molecular weight is 326 g/mol. The van der Waals surface area contributed by atoms with Gasteiger partial charge in [0.2, 0.25) is 5.91 Å². The van der Waals surface area contributed by atoms with Crippen molar-refractivity contribution in [1.82, 2.24) is 10.2 Å². The van der Waals surface area contributed by atoms with Gasteiger partial charge in [-0.25, -0.2) is 4.90 Å². The van der Waals surface area contributed by atoms with Gasteiger partial charge in [0.1, 0.15) is 0 Å². The fraction of sp³-hybridized carbons (Fsp3) is 0.222. The molecule has 0 radical (unpaired) electrons. The summed E-state index contributed by atoms with van der Waals surface area (Å²) in [5, 5.41) is 2.96. The van der Waals surface area contributed by atoms with Gasteiger partial charge in [-0.3, -0.25) is 9.59 Å². The second-order valence-corrected chi connectivity index (χ2v) is 6.38. The van der Waals surface area contributed by atoms with E-state index in [9.17, 15) is 9.59 Å². The minimum absolute atomic E-state index is 0.143. The Hall–Kier alpha value is -2.11. The highest BCUT2D eigenvalue weighted by Gasteiger charge is 2.28. The van der Waals surface area contributed by atoms with Gasteiger partial charge in [0.25, 0.3) is 5.24 Å². The van der Waals surface area contributed by atoms with Gasteiger partial charge in [-0.2, -0.15) is 0 Å². The second-order valence-electron chi connectivity index (χ2n) is 5.45. The van der Waals surface area contributed by atoms with Crippen molar-refractivity contribution in [3.8, 4) is 0 Å². The molecule has 2 aliphatic rings. The normalized spacial score (nSPS) is 19.6. The summed E-state index contributed by atoms with van der Waals surface area (Å²) < 4.78 is 0. The molecular weight excluding hydrogens is 308 g/mol. The lowest BCUT2D eigenvalue weighted by Gasteiger charge is -2.13. The van der Waals surface area contributed by atoms with Crippen LogP contribution in [0.5, 0.6) is 0 Å². The first-order chi connectivity index (χ1) is 11.2. The topological polar surface area (TPSA) is 49.4 Å². The lowest BCUT2D eigenvalue weighted by Crippen LogP contribution is -2.22. The Balaban J connectivity index is 1.74. The molecule has 1 aliphatic heterocycles. The molecule has 0 bridgehead atoms. The predicted molar refractivity (Wildman–Crippen MR) is 93.7 cm³/mol. The van der Waals surface area contributed by atoms with Crippen molar-refractivity contribution < 1.29 is 9.59 Å². The molecule has 1 aliphatic carbocycles. The van der Waals surface area contributed by atoms with Crippen LogP contribution in [0.25, 0.3) is 5.57 Å². The van der Waals surface area contributed by atoms with Crippen LogP contribution >= 0.6 is 11.8 Å². The standard InChI is InChI=1S/C18H18N2O2S/c1-19-10-14-3-2-4-16(9-14)15-7-5-13(6-8-15)11-20-17(21)12-23-18(20)22/h2-5,7-9,11,19H,6,10,12H2,1H3. The Kier molecular flexibility index (Phi) is 4.79. The first-order valence-electron chi connectivity index (χ1n) is 7.49. The molecule has 0 aromatic heterocycles. The Morgan fingerprint density at radius 3 is 2.83 bits per heavy atom. The van der Waals surface area contributed by atoms with Gasteiger partial charge in [-0.05, 0) is 41.8 Å². The number of amides is 2. The van der Waals surface area contributed by atoms with Crippen LogP contribution in [0.3, 0.4) is 0 Å². The van der Waals surface area contributed by atoms with Crippen molar-refractivity contribution in [2.45, 2.75) is 13.0 Å². The molecule has 1 N–H and O–H groups in total. The summed E-state index contributed by atoms with van der Waals surface area (Å²) in [6.45, 7) is 0.840. The maximum Gasteiger partial charge on any atom is 0.292 e. The van der Waals surface area contributed by atoms with E-state index in [0.29, 0.717) is 6.42 Å². The van der Waals surface area contributed by atoms with Gasteiger partial charge < -0.3 is 5.32 Å². The number of rotatable bonds is 4. The van der Waals surface area contributed by atoms with Gasteiger partial charge in [0.05, 0.1) is 5.75 Å². The number of allylic oxidation sites excluding steroid dienone is 5. The van der Waals surface area contributed by atoms with Crippen LogP contribution in [-0.4, -0.2) is 28.8 Å². The van der Waals surface area contributed by atoms with Crippen LogP contribution in [0.15, 0.2) is 54.3 Å². The van der Waals surface area contributed by atoms with Crippen LogP contribution in [0.4, 0.5) is 4.79 Å². The minimum atomic E-state index is -0.189. The molecule has 5 heteroatoms. The zero-order valence-corrected chi connectivity index (χ0v) is 13.7. The molecule has 118 valence electrons. The lowest BCUT2D eigenvalue weighted by atomic mass is 9.96. The summed E-state index contributed by atoms with van der Waals surface area (Å²) in [7, 11) is 1.93. The molecule has 23 heavy (non-hydrogen) atoms. The van der Waals surface area contributed by atoms with Crippen LogP contribution < -0.4 is 5.32 Å². The Labute approximate surface area is 139 Å².